The summed E-state index contributed by atoms with van der Waals surface area (Å²) in [7, 11) is 0. The number of anilines is 5. The van der Waals surface area contributed by atoms with E-state index in [2.05, 4.69) is 143 Å². The van der Waals surface area contributed by atoms with Gasteiger partial charge in [0.25, 0.3) is 0 Å². The third-order valence-electron chi connectivity index (χ3n) is 7.59. The molecule has 6 heteroatoms. The van der Waals surface area contributed by atoms with E-state index in [0.717, 1.165) is 43.9 Å². The first-order valence-electron chi connectivity index (χ1n) is 14.1. The molecule has 5 aromatic carbocycles. The van der Waals surface area contributed by atoms with Crippen molar-refractivity contribution in [2.24, 2.45) is 0 Å². The summed E-state index contributed by atoms with van der Waals surface area (Å²) in [5.41, 5.74) is 8.83. The largest absolute Gasteiger partial charge is 0.500 e. The van der Waals surface area contributed by atoms with Crippen LogP contribution in [-0.2, 0) is 20.4 Å². The van der Waals surface area contributed by atoms with Crippen LogP contribution in [0.4, 0.5) is 28.6 Å². The number of pyridine rings is 1. The van der Waals surface area contributed by atoms with Gasteiger partial charge in [0.05, 0.1) is 5.69 Å². The summed E-state index contributed by atoms with van der Waals surface area (Å²) in [6, 6.07) is 51.5. The molecule has 2 aliphatic heterocycles. The van der Waals surface area contributed by atoms with E-state index in [1.807, 2.05) is 36.5 Å². The maximum absolute atomic E-state index is 4.78. The van der Waals surface area contributed by atoms with Crippen molar-refractivity contribution in [3.8, 4) is 22.3 Å². The van der Waals surface area contributed by atoms with E-state index in [0.29, 0.717) is 0 Å². The quantitative estimate of drug-likeness (QED) is 0.133. The van der Waals surface area contributed by atoms with Gasteiger partial charge in [-0.2, -0.15) is 30.3 Å². The summed E-state index contributed by atoms with van der Waals surface area (Å²) < 4.78 is 0. The molecule has 0 saturated carbocycles. The Morgan fingerprint density at radius 2 is 1.27 bits per heavy atom. The van der Waals surface area contributed by atoms with E-state index < -0.39 is 0 Å². The van der Waals surface area contributed by atoms with Crippen molar-refractivity contribution in [1.29, 1.82) is 0 Å². The predicted molar refractivity (Wildman–Crippen MR) is 176 cm³/mol. The number of fused-ring (bicyclic) bond motifs is 5. The zero-order chi connectivity index (χ0) is 28.6. The summed E-state index contributed by atoms with van der Waals surface area (Å²) in [4.78, 5) is 13.2. The standard InChI is InChI=1S/C38H25N4S.Pd/c1-2-11-28(12-3-1)40-23-24-41(27-40)29-13-10-14-30(25-29)43-31-20-21-35-33-16-5-4-15-32(33)34-17-6-7-18-36(34)42(37(35)26-31)38-19-8-9-22-39-38;/h1-24,27H;/q-3;. The van der Waals surface area contributed by atoms with Gasteiger partial charge in [-0.3, -0.25) is 0 Å². The van der Waals surface area contributed by atoms with E-state index in [4.69, 9.17) is 4.98 Å². The first kappa shape index (κ1) is 28.2. The Hall–Kier alpha value is -4.60. The van der Waals surface area contributed by atoms with Crippen LogP contribution in [0.25, 0.3) is 22.3 Å². The fraction of sp³-hybridized carbons (Fsp3) is 0. The Kier molecular flexibility index (Phi) is 7.81. The van der Waals surface area contributed by atoms with Crippen LogP contribution in [0.3, 0.4) is 0 Å². The number of rotatable bonds is 5. The third kappa shape index (κ3) is 5.22. The second-order valence-electron chi connectivity index (χ2n) is 10.2. The molecule has 0 spiro atoms. The molecule has 44 heavy (non-hydrogen) atoms. The van der Waals surface area contributed by atoms with Gasteiger partial charge in [0.2, 0.25) is 0 Å². The van der Waals surface area contributed by atoms with E-state index in [1.165, 1.54) is 16.7 Å². The van der Waals surface area contributed by atoms with Gasteiger partial charge in [-0.1, -0.05) is 78.0 Å². The van der Waals surface area contributed by atoms with Crippen molar-refractivity contribution in [2.75, 3.05) is 14.7 Å². The first-order valence-corrected chi connectivity index (χ1v) is 14.9. The Morgan fingerprint density at radius 3 is 2.09 bits per heavy atom. The summed E-state index contributed by atoms with van der Waals surface area (Å²) >= 11 is 1.66. The van der Waals surface area contributed by atoms with Gasteiger partial charge in [0.1, 0.15) is 5.82 Å². The molecule has 0 saturated heterocycles. The Labute approximate surface area is 276 Å². The molecule has 0 unspecified atom stereocenters. The molecule has 216 valence electrons. The Morgan fingerprint density at radius 1 is 0.568 bits per heavy atom. The van der Waals surface area contributed by atoms with Gasteiger partial charge in [-0.05, 0) is 48.3 Å². The molecular weight excluding hydrogens is 651 g/mol. The minimum absolute atomic E-state index is 0. The fourth-order valence-corrected chi connectivity index (χ4v) is 6.45. The topological polar surface area (TPSA) is 22.6 Å². The summed E-state index contributed by atoms with van der Waals surface area (Å²) in [6.45, 7) is 2.07. The minimum Gasteiger partial charge on any atom is -0.500 e. The van der Waals surface area contributed by atoms with Gasteiger partial charge < -0.3 is 14.7 Å². The van der Waals surface area contributed by atoms with E-state index in [9.17, 15) is 0 Å². The molecular formula is C38H25N4PdS-3. The monoisotopic (exact) mass is 675 g/mol. The average Bonchev–Trinajstić information content (AvgIpc) is 3.53. The van der Waals surface area contributed by atoms with Gasteiger partial charge in [-0.15, -0.1) is 51.6 Å². The maximum atomic E-state index is 4.78. The summed E-state index contributed by atoms with van der Waals surface area (Å²) in [6.07, 6.45) is 5.96. The van der Waals surface area contributed by atoms with Crippen LogP contribution in [0.5, 0.6) is 0 Å². The molecule has 0 atom stereocenters. The summed E-state index contributed by atoms with van der Waals surface area (Å²) in [5, 5.41) is 0. The number of hydrogen-bond donors (Lipinski definition) is 0. The van der Waals surface area contributed by atoms with Crippen LogP contribution >= 0.6 is 11.8 Å². The molecule has 0 fully saturated rings. The number of aromatic nitrogens is 1. The van der Waals surface area contributed by atoms with Gasteiger partial charge in [0.15, 0.2) is 0 Å². The van der Waals surface area contributed by atoms with Crippen molar-refractivity contribution in [1.82, 2.24) is 4.98 Å². The van der Waals surface area contributed by atoms with Crippen LogP contribution in [-0.4, -0.2) is 4.98 Å². The molecule has 2 aliphatic rings. The zero-order valence-corrected chi connectivity index (χ0v) is 25.8. The van der Waals surface area contributed by atoms with Crippen LogP contribution in [0.2, 0.25) is 0 Å². The molecule has 4 nitrogen and oxygen atoms in total. The molecule has 0 aliphatic carbocycles. The Balaban J connectivity index is 0.00000312. The fourth-order valence-electron chi connectivity index (χ4n) is 5.63. The van der Waals surface area contributed by atoms with Crippen LogP contribution < -0.4 is 14.7 Å². The first-order chi connectivity index (χ1) is 21.3. The van der Waals surface area contributed by atoms with Crippen molar-refractivity contribution in [3.05, 3.63) is 165 Å². The van der Waals surface area contributed by atoms with Gasteiger partial charge >= 0.3 is 0 Å². The van der Waals surface area contributed by atoms with Crippen molar-refractivity contribution in [2.45, 2.75) is 9.79 Å². The molecule has 0 bridgehead atoms. The molecule has 8 rings (SSSR count). The van der Waals surface area contributed by atoms with E-state index in [-0.39, 0.29) is 20.4 Å². The minimum atomic E-state index is 0. The second-order valence-corrected chi connectivity index (χ2v) is 11.3. The normalized spacial score (nSPS) is 13.0. The van der Waals surface area contributed by atoms with Crippen LogP contribution in [0, 0.1) is 18.8 Å². The third-order valence-corrected chi connectivity index (χ3v) is 8.51. The Bertz CT molecular complexity index is 1960. The van der Waals surface area contributed by atoms with Crippen LogP contribution in [0.1, 0.15) is 0 Å². The molecule has 0 amide bonds. The maximum Gasteiger partial charge on any atom is 0.135 e. The smallest absolute Gasteiger partial charge is 0.135 e. The molecule has 3 heterocycles. The number of hydrogen-bond acceptors (Lipinski definition) is 5. The second kappa shape index (κ2) is 12.2. The predicted octanol–water partition coefficient (Wildman–Crippen LogP) is 9.86. The van der Waals surface area contributed by atoms with E-state index in [1.54, 1.807) is 11.8 Å². The summed E-state index contributed by atoms with van der Waals surface area (Å²) in [5.74, 6) is 0.857. The van der Waals surface area contributed by atoms with Gasteiger partial charge in [-0.25, -0.2) is 4.98 Å². The number of nitrogens with zero attached hydrogens (tertiary/aromatic N) is 4. The number of benzene rings is 5. The van der Waals surface area contributed by atoms with Crippen LogP contribution in [0.15, 0.2) is 156 Å². The average molecular weight is 676 g/mol. The molecule has 1 aromatic heterocycles. The molecule has 6 aromatic rings. The SMILES string of the molecule is [Pd].[c-]1c(Sc2[c-]c3c(cc2)-c2ccccc2-c2ccccc2N3c2ccccn2)cccc1N1C=CN(c2ccccc2)[CH-]1. The number of para-hydroxylation sites is 2. The van der Waals surface area contributed by atoms with Crippen molar-refractivity contribution >= 4 is 40.3 Å². The molecule has 0 radical (unpaired) electrons. The van der Waals surface area contributed by atoms with E-state index >= 15 is 0 Å². The van der Waals surface area contributed by atoms with Crippen molar-refractivity contribution < 1.29 is 20.4 Å². The van der Waals surface area contributed by atoms with Gasteiger partial charge in [0, 0.05) is 37.9 Å². The molecule has 0 N–H and O–H groups in total. The zero-order valence-electron chi connectivity index (χ0n) is 23.4. The van der Waals surface area contributed by atoms with Crippen molar-refractivity contribution in [3.63, 3.8) is 0 Å².